The van der Waals surface area contributed by atoms with Crippen LogP contribution in [0.2, 0.25) is 5.02 Å². The average molecular weight is 530 g/mol. The summed E-state index contributed by atoms with van der Waals surface area (Å²) in [4.78, 5) is 4.38. The maximum absolute atomic E-state index is 6.26. The first kappa shape index (κ1) is 23.8. The van der Waals surface area contributed by atoms with Crippen LogP contribution in [-0.4, -0.2) is 39.9 Å². The zero-order chi connectivity index (χ0) is 19.8. The van der Waals surface area contributed by atoms with E-state index in [-0.39, 0.29) is 29.4 Å². The monoisotopic (exact) mass is 529 g/mol. The van der Waals surface area contributed by atoms with Crippen molar-refractivity contribution in [2.75, 3.05) is 33.9 Å². The van der Waals surface area contributed by atoms with Crippen molar-refractivity contribution in [3.8, 4) is 5.75 Å². The van der Waals surface area contributed by atoms with Gasteiger partial charge in [-0.15, -0.1) is 24.0 Å². The van der Waals surface area contributed by atoms with Crippen LogP contribution < -0.4 is 15.4 Å². The molecule has 1 aliphatic rings. The summed E-state index contributed by atoms with van der Waals surface area (Å²) in [5.74, 6) is 1.63. The van der Waals surface area contributed by atoms with E-state index in [2.05, 4.69) is 33.8 Å². The lowest BCUT2D eigenvalue weighted by Crippen LogP contribution is -2.47. The molecule has 1 heterocycles. The van der Waals surface area contributed by atoms with Gasteiger partial charge in [0.05, 0.1) is 7.11 Å². The van der Waals surface area contributed by atoms with Crippen molar-refractivity contribution in [2.24, 2.45) is 4.99 Å². The van der Waals surface area contributed by atoms with Crippen LogP contribution in [0.1, 0.15) is 24.0 Å². The Hall–Kier alpha value is -1.51. The molecule has 29 heavy (non-hydrogen) atoms. The number of nitrogens with zero attached hydrogens (tertiary/aromatic N) is 1. The predicted molar refractivity (Wildman–Crippen MR) is 130 cm³/mol. The molecule has 0 atom stereocenters. The van der Waals surface area contributed by atoms with Crippen LogP contribution in [-0.2, 0) is 16.7 Å². The fraction of sp³-hybridized carbons (Fsp3) is 0.409. The minimum absolute atomic E-state index is 0. The molecule has 0 bridgehead atoms. The molecular weight excluding hydrogens is 501 g/mol. The average Bonchev–Trinajstić information content (AvgIpc) is 2.74. The van der Waals surface area contributed by atoms with Crippen molar-refractivity contribution >= 4 is 41.5 Å². The molecule has 7 heteroatoms. The highest BCUT2D eigenvalue weighted by Crippen LogP contribution is 2.35. The highest BCUT2D eigenvalue weighted by atomic mass is 127. The van der Waals surface area contributed by atoms with Crippen LogP contribution in [0.3, 0.4) is 0 Å². The molecule has 0 amide bonds. The van der Waals surface area contributed by atoms with Crippen LogP contribution >= 0.6 is 35.6 Å². The van der Waals surface area contributed by atoms with Gasteiger partial charge in [-0.1, -0.05) is 35.9 Å². The molecule has 2 aromatic carbocycles. The summed E-state index contributed by atoms with van der Waals surface area (Å²) in [5, 5.41) is 7.66. The Morgan fingerprint density at radius 1 is 1.14 bits per heavy atom. The number of guanidine groups is 1. The van der Waals surface area contributed by atoms with E-state index in [4.69, 9.17) is 21.1 Å². The second kappa shape index (κ2) is 11.6. The SMILES string of the molecule is CN=C(NCc1cccc(OC)c1)NCC1(c2cccc(Cl)c2)CCOCC1.I. The van der Waals surface area contributed by atoms with Gasteiger partial charge in [-0.05, 0) is 48.2 Å². The molecule has 0 aromatic heterocycles. The van der Waals surface area contributed by atoms with Gasteiger partial charge >= 0.3 is 0 Å². The molecular formula is C22H29ClIN3O2. The molecule has 1 aliphatic heterocycles. The fourth-order valence-electron chi connectivity index (χ4n) is 3.59. The number of aliphatic imine (C=N–C) groups is 1. The van der Waals surface area contributed by atoms with Gasteiger partial charge in [-0.3, -0.25) is 4.99 Å². The summed E-state index contributed by atoms with van der Waals surface area (Å²) in [7, 11) is 3.47. The van der Waals surface area contributed by atoms with Crippen molar-refractivity contribution < 1.29 is 9.47 Å². The third-order valence-electron chi connectivity index (χ3n) is 5.30. The largest absolute Gasteiger partial charge is 0.497 e. The first-order valence-corrected chi connectivity index (χ1v) is 9.94. The van der Waals surface area contributed by atoms with Crippen molar-refractivity contribution in [3.63, 3.8) is 0 Å². The summed E-state index contributed by atoms with van der Waals surface area (Å²) in [6.45, 7) is 2.95. The number of halogens is 2. The molecule has 2 N–H and O–H groups in total. The number of nitrogens with one attached hydrogen (secondary N) is 2. The van der Waals surface area contributed by atoms with E-state index >= 15 is 0 Å². The molecule has 0 aliphatic carbocycles. The molecule has 2 aromatic rings. The van der Waals surface area contributed by atoms with Crippen molar-refractivity contribution in [1.29, 1.82) is 0 Å². The standard InChI is InChI=1S/C22H28ClN3O2.HI/c1-24-21(25-15-17-5-3-8-20(13-17)27-2)26-16-22(9-11-28-12-10-22)18-6-4-7-19(23)14-18;/h3-8,13-14H,9-12,15-16H2,1-2H3,(H2,24,25,26);1H. The number of benzene rings is 2. The molecule has 0 saturated carbocycles. The Morgan fingerprint density at radius 3 is 2.59 bits per heavy atom. The number of hydrogen-bond acceptors (Lipinski definition) is 3. The molecule has 158 valence electrons. The van der Waals surface area contributed by atoms with Gasteiger partial charge in [0.25, 0.3) is 0 Å². The second-order valence-corrected chi connectivity index (χ2v) is 7.47. The lowest BCUT2D eigenvalue weighted by atomic mass is 9.74. The maximum atomic E-state index is 6.26. The van der Waals surface area contributed by atoms with E-state index in [9.17, 15) is 0 Å². The zero-order valence-corrected chi connectivity index (χ0v) is 20.0. The quantitative estimate of drug-likeness (QED) is 0.331. The minimum Gasteiger partial charge on any atom is -0.497 e. The lowest BCUT2D eigenvalue weighted by molar-refractivity contribution is 0.0514. The Balaban J connectivity index is 0.00000300. The van der Waals surface area contributed by atoms with Gasteiger partial charge in [-0.25, -0.2) is 0 Å². The lowest BCUT2D eigenvalue weighted by Gasteiger charge is -2.38. The van der Waals surface area contributed by atoms with E-state index in [0.717, 1.165) is 54.9 Å². The Kier molecular flexibility index (Phi) is 9.52. The van der Waals surface area contributed by atoms with E-state index < -0.39 is 0 Å². The third-order valence-corrected chi connectivity index (χ3v) is 5.53. The van der Waals surface area contributed by atoms with E-state index in [1.165, 1.54) is 5.56 Å². The number of hydrogen-bond donors (Lipinski definition) is 2. The second-order valence-electron chi connectivity index (χ2n) is 7.03. The fourth-order valence-corrected chi connectivity index (χ4v) is 3.78. The smallest absolute Gasteiger partial charge is 0.191 e. The Morgan fingerprint density at radius 2 is 1.90 bits per heavy atom. The molecule has 3 rings (SSSR count). The van der Waals surface area contributed by atoms with Crippen LogP contribution in [0.4, 0.5) is 0 Å². The number of ether oxygens (including phenoxy) is 2. The van der Waals surface area contributed by atoms with Crippen LogP contribution in [0.15, 0.2) is 53.5 Å². The zero-order valence-electron chi connectivity index (χ0n) is 16.9. The Labute approximate surface area is 195 Å². The van der Waals surface area contributed by atoms with Gasteiger partial charge in [0.1, 0.15) is 5.75 Å². The minimum atomic E-state index is -0.0171. The van der Waals surface area contributed by atoms with Crippen molar-refractivity contribution in [3.05, 3.63) is 64.7 Å². The molecule has 0 radical (unpaired) electrons. The summed E-state index contributed by atoms with van der Waals surface area (Å²) < 4.78 is 10.9. The van der Waals surface area contributed by atoms with Crippen LogP contribution in [0, 0.1) is 0 Å². The Bertz CT molecular complexity index is 810. The van der Waals surface area contributed by atoms with E-state index in [0.29, 0.717) is 6.54 Å². The van der Waals surface area contributed by atoms with Gasteiger partial charge in [0.15, 0.2) is 5.96 Å². The summed E-state index contributed by atoms with van der Waals surface area (Å²) in [6, 6.07) is 16.2. The van der Waals surface area contributed by atoms with Crippen LogP contribution in [0.25, 0.3) is 0 Å². The van der Waals surface area contributed by atoms with Gasteiger partial charge < -0.3 is 20.1 Å². The summed E-state index contributed by atoms with van der Waals surface area (Å²) >= 11 is 6.26. The van der Waals surface area contributed by atoms with E-state index in [1.54, 1.807) is 14.2 Å². The van der Waals surface area contributed by atoms with Gasteiger partial charge in [0.2, 0.25) is 0 Å². The van der Waals surface area contributed by atoms with Gasteiger partial charge in [-0.2, -0.15) is 0 Å². The summed E-state index contributed by atoms with van der Waals surface area (Å²) in [6.07, 6.45) is 1.90. The highest BCUT2D eigenvalue weighted by Gasteiger charge is 2.34. The first-order chi connectivity index (χ1) is 13.6. The van der Waals surface area contributed by atoms with E-state index in [1.807, 2.05) is 30.3 Å². The number of methoxy groups -OCH3 is 1. The molecule has 1 fully saturated rings. The normalized spacial score (nSPS) is 15.9. The topological polar surface area (TPSA) is 54.9 Å². The van der Waals surface area contributed by atoms with Crippen LogP contribution in [0.5, 0.6) is 5.75 Å². The highest BCUT2D eigenvalue weighted by molar-refractivity contribution is 14.0. The molecule has 0 spiro atoms. The third kappa shape index (κ3) is 6.49. The van der Waals surface area contributed by atoms with Crippen molar-refractivity contribution in [2.45, 2.75) is 24.8 Å². The molecule has 5 nitrogen and oxygen atoms in total. The number of rotatable bonds is 6. The maximum Gasteiger partial charge on any atom is 0.191 e. The first-order valence-electron chi connectivity index (χ1n) is 9.56. The predicted octanol–water partition coefficient (Wildman–Crippen LogP) is 4.38. The summed E-state index contributed by atoms with van der Waals surface area (Å²) in [5.41, 5.74) is 2.37. The van der Waals surface area contributed by atoms with Gasteiger partial charge in [0, 0.05) is 43.8 Å². The molecule has 0 unspecified atom stereocenters. The van der Waals surface area contributed by atoms with Crippen molar-refractivity contribution in [1.82, 2.24) is 10.6 Å². The molecule has 1 saturated heterocycles.